The predicted molar refractivity (Wildman–Crippen MR) is 111 cm³/mol. The van der Waals surface area contributed by atoms with Gasteiger partial charge in [0.05, 0.1) is 18.8 Å². The summed E-state index contributed by atoms with van der Waals surface area (Å²) in [5.74, 6) is -0.0728. The maximum atomic E-state index is 11.7. The number of hydrazine groups is 1. The Balaban J connectivity index is 2.93. The Kier molecular flexibility index (Phi) is 7.32. The number of aliphatic hydroxyl groups is 1. The van der Waals surface area contributed by atoms with Gasteiger partial charge in [0.15, 0.2) is 16.6 Å². The minimum absolute atomic E-state index is 0.0152. The lowest BCUT2D eigenvalue weighted by Crippen LogP contribution is -2.56. The number of hydrogen-bond acceptors (Lipinski definition) is 5. The predicted octanol–water partition coefficient (Wildman–Crippen LogP) is 3.15. The lowest BCUT2D eigenvalue weighted by atomic mass is 10.0. The maximum absolute atomic E-state index is 11.7. The van der Waals surface area contributed by atoms with Crippen LogP contribution in [0.4, 0.5) is 0 Å². The van der Waals surface area contributed by atoms with Gasteiger partial charge in [0.1, 0.15) is 6.10 Å². The fraction of sp³-hybridized carbons (Fsp3) is 0.944. The first-order valence-electron chi connectivity index (χ1n) is 9.52. The number of nitrogens with one attached hydrogen (secondary N) is 2. The third-order valence-electron chi connectivity index (χ3n) is 6.24. The van der Waals surface area contributed by atoms with Gasteiger partial charge in [-0.2, -0.15) is 0 Å². The van der Waals surface area contributed by atoms with Crippen molar-refractivity contribution in [1.29, 1.82) is 0 Å². The van der Waals surface area contributed by atoms with E-state index in [0.29, 0.717) is 6.42 Å². The molecule has 0 aliphatic carbocycles. The second kappa shape index (κ2) is 8.01. The van der Waals surface area contributed by atoms with E-state index in [2.05, 4.69) is 78.6 Å². The van der Waals surface area contributed by atoms with Gasteiger partial charge in [0.2, 0.25) is 5.91 Å². The summed E-state index contributed by atoms with van der Waals surface area (Å²) in [4.78, 5) is 11.7. The third-order valence-corrected chi connectivity index (χ3v) is 15.2. The number of hydrogen-bond donors (Lipinski definition) is 3. The van der Waals surface area contributed by atoms with Crippen LogP contribution in [0.2, 0.25) is 36.3 Å². The van der Waals surface area contributed by atoms with Gasteiger partial charge in [0.25, 0.3) is 0 Å². The highest BCUT2D eigenvalue weighted by Crippen LogP contribution is 2.39. The largest absolute Gasteiger partial charge is 0.414 e. The fourth-order valence-corrected chi connectivity index (χ4v) is 4.60. The smallest absolute Gasteiger partial charge is 0.235 e. The quantitative estimate of drug-likeness (QED) is 0.568. The van der Waals surface area contributed by atoms with Crippen molar-refractivity contribution in [1.82, 2.24) is 10.9 Å². The highest BCUT2D eigenvalue weighted by atomic mass is 28.4. The minimum atomic E-state index is -2.12. The van der Waals surface area contributed by atoms with Gasteiger partial charge in [-0.25, -0.2) is 5.43 Å². The molecule has 3 N–H and O–H groups in total. The van der Waals surface area contributed by atoms with Crippen LogP contribution in [0.1, 0.15) is 48.0 Å². The molecule has 3 atom stereocenters. The average molecular weight is 405 g/mol. The number of amides is 1. The summed E-state index contributed by atoms with van der Waals surface area (Å²) >= 11 is 0. The Hall–Kier alpha value is -0.256. The van der Waals surface area contributed by atoms with Crippen molar-refractivity contribution in [3.8, 4) is 0 Å². The molecule has 1 fully saturated rings. The van der Waals surface area contributed by atoms with Gasteiger partial charge in [-0.05, 0) is 36.3 Å². The van der Waals surface area contributed by atoms with Crippen LogP contribution in [0.3, 0.4) is 0 Å². The number of aliphatic hydroxyl groups excluding tert-OH is 1. The Labute approximate surface area is 161 Å². The van der Waals surface area contributed by atoms with Crippen LogP contribution in [-0.2, 0) is 13.6 Å². The molecule has 0 aromatic heterocycles. The van der Waals surface area contributed by atoms with Gasteiger partial charge in [-0.3, -0.25) is 10.2 Å². The summed E-state index contributed by atoms with van der Waals surface area (Å²) < 4.78 is 12.7. The van der Waals surface area contributed by atoms with Crippen LogP contribution in [0.5, 0.6) is 0 Å². The zero-order chi connectivity index (χ0) is 20.6. The summed E-state index contributed by atoms with van der Waals surface area (Å²) in [7, 11) is -4.08. The van der Waals surface area contributed by atoms with Crippen LogP contribution in [-0.4, -0.2) is 52.5 Å². The van der Waals surface area contributed by atoms with E-state index in [-0.39, 0.29) is 28.6 Å². The molecule has 0 bridgehead atoms. The monoisotopic (exact) mass is 404 g/mol. The summed E-state index contributed by atoms with van der Waals surface area (Å²) in [6.07, 6.45) is -0.973. The van der Waals surface area contributed by atoms with E-state index in [1.165, 1.54) is 0 Å². The van der Waals surface area contributed by atoms with E-state index < -0.39 is 28.8 Å². The molecule has 8 heteroatoms. The van der Waals surface area contributed by atoms with E-state index in [0.717, 1.165) is 0 Å². The lowest BCUT2D eigenvalue weighted by Gasteiger charge is -2.43. The first-order chi connectivity index (χ1) is 11.5. The Morgan fingerprint density at radius 2 is 1.58 bits per heavy atom. The maximum Gasteiger partial charge on any atom is 0.235 e. The van der Waals surface area contributed by atoms with Crippen molar-refractivity contribution < 1.29 is 18.8 Å². The van der Waals surface area contributed by atoms with Crippen molar-refractivity contribution in [2.45, 2.75) is 102 Å². The topological polar surface area (TPSA) is 79.8 Å². The van der Waals surface area contributed by atoms with Crippen LogP contribution >= 0.6 is 0 Å². The molecule has 0 saturated carbocycles. The molecule has 1 aliphatic heterocycles. The zero-order valence-electron chi connectivity index (χ0n) is 18.3. The SMILES string of the molecule is CC(C)(C)[Si](C)(C)OC[C@@H](O)[C@@H](O[Si](C)(C)C(C)(C)C)[C@@H]1CC(=O)NN1. The third kappa shape index (κ3) is 5.87. The Bertz CT molecular complexity index is 498. The zero-order valence-corrected chi connectivity index (χ0v) is 20.3. The molecule has 1 heterocycles. The van der Waals surface area contributed by atoms with Crippen LogP contribution < -0.4 is 10.9 Å². The van der Waals surface area contributed by atoms with Crippen molar-refractivity contribution >= 4 is 22.5 Å². The normalized spacial score (nSPS) is 22.3. The van der Waals surface area contributed by atoms with Crippen LogP contribution in [0.15, 0.2) is 0 Å². The van der Waals surface area contributed by atoms with Gasteiger partial charge in [0, 0.05) is 6.42 Å². The highest BCUT2D eigenvalue weighted by Gasteiger charge is 2.45. The second-order valence-electron chi connectivity index (χ2n) is 10.5. The molecule has 0 spiro atoms. The first-order valence-corrected chi connectivity index (χ1v) is 15.3. The van der Waals surface area contributed by atoms with E-state index in [9.17, 15) is 9.90 Å². The lowest BCUT2D eigenvalue weighted by molar-refractivity contribution is -0.119. The number of carbonyl (C=O) groups excluding carboxylic acids is 1. The van der Waals surface area contributed by atoms with Crippen molar-refractivity contribution in [3.05, 3.63) is 0 Å². The van der Waals surface area contributed by atoms with E-state index >= 15 is 0 Å². The molecule has 1 rings (SSSR count). The van der Waals surface area contributed by atoms with Gasteiger partial charge >= 0.3 is 0 Å². The Morgan fingerprint density at radius 1 is 1.08 bits per heavy atom. The Morgan fingerprint density at radius 3 is 1.96 bits per heavy atom. The highest BCUT2D eigenvalue weighted by molar-refractivity contribution is 6.74. The summed E-state index contributed by atoms with van der Waals surface area (Å²) in [5, 5.41) is 11.0. The molecule has 26 heavy (non-hydrogen) atoms. The van der Waals surface area contributed by atoms with E-state index in [4.69, 9.17) is 8.85 Å². The molecule has 1 saturated heterocycles. The molecule has 6 nitrogen and oxygen atoms in total. The van der Waals surface area contributed by atoms with Crippen molar-refractivity contribution in [2.75, 3.05) is 6.61 Å². The number of rotatable bonds is 7. The summed E-state index contributed by atoms with van der Waals surface area (Å²) in [5.41, 5.74) is 5.61. The fourth-order valence-electron chi connectivity index (χ4n) is 2.22. The summed E-state index contributed by atoms with van der Waals surface area (Å²) in [6, 6.07) is -0.255. The molecule has 1 amide bonds. The number of carbonyl (C=O) groups is 1. The van der Waals surface area contributed by atoms with Crippen LogP contribution in [0.25, 0.3) is 0 Å². The van der Waals surface area contributed by atoms with E-state index in [1.807, 2.05) is 0 Å². The van der Waals surface area contributed by atoms with Gasteiger partial charge in [-0.1, -0.05) is 41.5 Å². The van der Waals surface area contributed by atoms with Crippen molar-refractivity contribution in [2.24, 2.45) is 0 Å². The van der Waals surface area contributed by atoms with E-state index in [1.54, 1.807) is 0 Å². The average Bonchev–Trinajstić information content (AvgIpc) is 2.86. The van der Waals surface area contributed by atoms with Crippen molar-refractivity contribution in [3.63, 3.8) is 0 Å². The molecule has 0 unspecified atom stereocenters. The minimum Gasteiger partial charge on any atom is -0.414 e. The van der Waals surface area contributed by atoms with Gasteiger partial charge in [-0.15, -0.1) is 0 Å². The molecular formula is C18H40N2O4Si2. The summed E-state index contributed by atoms with van der Waals surface area (Å²) in [6.45, 7) is 21.9. The molecular weight excluding hydrogens is 364 g/mol. The van der Waals surface area contributed by atoms with Gasteiger partial charge < -0.3 is 14.0 Å². The first kappa shape index (κ1) is 23.8. The molecule has 154 valence electrons. The second-order valence-corrected chi connectivity index (χ2v) is 20.1. The van der Waals surface area contributed by atoms with Crippen LogP contribution in [0, 0.1) is 0 Å². The standard InChI is InChI=1S/C18H40N2O4Si2/c1-17(2,3)25(7,8)23-12-14(21)16(13-11-15(22)20-19-13)24-26(9,10)18(4,5)6/h13-14,16,19,21H,11-12H2,1-10H3,(H,20,22)/t13-,14+,16-/m0/s1. The molecule has 1 aliphatic rings. The molecule has 0 aromatic rings. The molecule has 0 aromatic carbocycles. The molecule has 0 radical (unpaired) electrons.